The number of rotatable bonds is 5. The van der Waals surface area contributed by atoms with E-state index in [0.29, 0.717) is 15.9 Å². The average Bonchev–Trinajstić information content (AvgIpc) is 2.74. The number of amides is 1. The number of hydrogen-bond donors (Lipinski definition) is 1. The summed E-state index contributed by atoms with van der Waals surface area (Å²) in [6.07, 6.45) is 0. The van der Waals surface area contributed by atoms with Crippen molar-refractivity contribution in [2.45, 2.75) is 26.4 Å². The zero-order valence-corrected chi connectivity index (χ0v) is 18.2. The number of carboxylic acid groups (broad SMARTS) is 1. The minimum absolute atomic E-state index is 0.0228. The molecule has 9 heteroatoms. The topological polar surface area (TPSA) is 102 Å². The minimum atomic E-state index is -1.19. The molecular formula is C21H20BrNO7. The summed E-state index contributed by atoms with van der Waals surface area (Å²) in [5.74, 6) is -1.78. The molecule has 0 bridgehead atoms. The second-order valence-electron chi connectivity index (χ2n) is 7.50. The second-order valence-corrected chi connectivity index (χ2v) is 8.42. The second kappa shape index (κ2) is 8.35. The molecule has 0 fully saturated rings. The van der Waals surface area contributed by atoms with Crippen molar-refractivity contribution >= 4 is 39.5 Å². The Kier molecular flexibility index (Phi) is 6.02. The van der Waals surface area contributed by atoms with E-state index in [4.69, 9.17) is 19.3 Å². The number of benzene rings is 2. The highest BCUT2D eigenvalue weighted by Crippen LogP contribution is 2.43. The molecule has 3 rings (SSSR count). The molecule has 8 nitrogen and oxygen atoms in total. The molecule has 1 amide bonds. The Morgan fingerprint density at radius 2 is 1.90 bits per heavy atom. The van der Waals surface area contributed by atoms with E-state index in [9.17, 15) is 14.4 Å². The molecule has 0 radical (unpaired) electrons. The van der Waals surface area contributed by atoms with Crippen molar-refractivity contribution in [2.75, 3.05) is 18.1 Å². The summed E-state index contributed by atoms with van der Waals surface area (Å²) in [7, 11) is 0. The van der Waals surface area contributed by atoms with Gasteiger partial charge >= 0.3 is 11.9 Å². The number of hydrogen-bond acceptors (Lipinski definition) is 6. The summed E-state index contributed by atoms with van der Waals surface area (Å²) in [6.45, 7) is 4.20. The summed E-state index contributed by atoms with van der Waals surface area (Å²) in [6, 6.07) is 9.69. The monoisotopic (exact) mass is 477 g/mol. The van der Waals surface area contributed by atoms with Gasteiger partial charge in [-0.2, -0.15) is 0 Å². The Morgan fingerprint density at radius 1 is 1.17 bits per heavy atom. The van der Waals surface area contributed by atoms with E-state index in [1.54, 1.807) is 51.1 Å². The standard InChI is InChI=1S/C21H20BrNO7/c1-21(2,3)30-18(26)10-23-13-9-12(22)7-8-14(13)29-16-6-4-5-15(19(16)20(23)27)28-11-17(24)25/h4-9H,10-11H2,1-3H3,(H,24,25). The van der Waals surface area contributed by atoms with Crippen LogP contribution in [-0.4, -0.2) is 41.7 Å². The highest BCUT2D eigenvalue weighted by Gasteiger charge is 2.33. The van der Waals surface area contributed by atoms with Crippen molar-refractivity contribution in [1.82, 2.24) is 0 Å². The maximum Gasteiger partial charge on any atom is 0.341 e. The molecule has 1 heterocycles. The van der Waals surface area contributed by atoms with Gasteiger partial charge in [-0.05, 0) is 51.1 Å². The van der Waals surface area contributed by atoms with Gasteiger partial charge in [-0.15, -0.1) is 0 Å². The number of aliphatic carboxylic acids is 1. The van der Waals surface area contributed by atoms with Crippen molar-refractivity contribution in [3.8, 4) is 17.2 Å². The van der Waals surface area contributed by atoms with Crippen LogP contribution in [0.25, 0.3) is 0 Å². The van der Waals surface area contributed by atoms with Gasteiger partial charge in [-0.3, -0.25) is 14.5 Å². The van der Waals surface area contributed by atoms with E-state index < -0.39 is 30.1 Å². The van der Waals surface area contributed by atoms with Crippen molar-refractivity contribution in [1.29, 1.82) is 0 Å². The first-order chi connectivity index (χ1) is 14.0. The Balaban J connectivity index is 2.08. The third kappa shape index (κ3) is 4.91. The van der Waals surface area contributed by atoms with Gasteiger partial charge in [0.2, 0.25) is 0 Å². The van der Waals surface area contributed by atoms with E-state index in [2.05, 4.69) is 15.9 Å². The molecule has 2 aromatic carbocycles. The molecule has 0 saturated heterocycles. The van der Waals surface area contributed by atoms with Crippen LogP contribution >= 0.6 is 15.9 Å². The number of carboxylic acids is 1. The number of carbonyl (C=O) groups is 3. The smallest absolute Gasteiger partial charge is 0.341 e. The van der Waals surface area contributed by atoms with Gasteiger partial charge in [-0.25, -0.2) is 4.79 Å². The Bertz CT molecular complexity index is 1010. The lowest BCUT2D eigenvalue weighted by atomic mass is 10.1. The molecule has 1 aliphatic rings. The van der Waals surface area contributed by atoms with E-state index in [0.717, 1.165) is 0 Å². The van der Waals surface area contributed by atoms with Crippen LogP contribution in [0.5, 0.6) is 17.2 Å². The van der Waals surface area contributed by atoms with Crippen LogP contribution in [0, 0.1) is 0 Å². The van der Waals surface area contributed by atoms with Crippen molar-refractivity contribution in [3.63, 3.8) is 0 Å². The Labute approximate surface area is 181 Å². The number of esters is 1. The lowest BCUT2D eigenvalue weighted by Crippen LogP contribution is -2.38. The Hall–Kier alpha value is -3.07. The summed E-state index contributed by atoms with van der Waals surface area (Å²) >= 11 is 3.37. The van der Waals surface area contributed by atoms with Crippen LogP contribution in [-0.2, 0) is 14.3 Å². The summed E-state index contributed by atoms with van der Waals surface area (Å²) < 4.78 is 17.3. The molecule has 1 N–H and O–H groups in total. The molecule has 2 aromatic rings. The summed E-state index contributed by atoms with van der Waals surface area (Å²) in [5.41, 5.74) is -0.341. The van der Waals surface area contributed by atoms with Gasteiger partial charge in [-0.1, -0.05) is 22.0 Å². The quantitative estimate of drug-likeness (QED) is 0.648. The number of nitrogens with zero attached hydrogens (tertiary/aromatic N) is 1. The van der Waals surface area contributed by atoms with Crippen LogP contribution in [0.3, 0.4) is 0 Å². The Morgan fingerprint density at radius 3 is 2.57 bits per heavy atom. The van der Waals surface area contributed by atoms with E-state index in [1.807, 2.05) is 0 Å². The van der Waals surface area contributed by atoms with Crippen LogP contribution in [0.15, 0.2) is 40.9 Å². The molecule has 30 heavy (non-hydrogen) atoms. The van der Waals surface area contributed by atoms with Gasteiger partial charge in [0, 0.05) is 4.47 Å². The fourth-order valence-corrected chi connectivity index (χ4v) is 3.23. The number of fused-ring (bicyclic) bond motifs is 2. The fourth-order valence-electron chi connectivity index (χ4n) is 2.88. The molecule has 0 atom stereocenters. The van der Waals surface area contributed by atoms with Gasteiger partial charge in [0.25, 0.3) is 5.91 Å². The average molecular weight is 478 g/mol. The molecule has 0 spiro atoms. The summed E-state index contributed by atoms with van der Waals surface area (Å²) in [4.78, 5) is 38.1. The highest BCUT2D eigenvalue weighted by molar-refractivity contribution is 9.10. The largest absolute Gasteiger partial charge is 0.481 e. The number of carbonyl (C=O) groups excluding carboxylic acids is 2. The maximum absolute atomic E-state index is 13.5. The van der Waals surface area contributed by atoms with Gasteiger partial charge in [0.1, 0.15) is 29.2 Å². The van der Waals surface area contributed by atoms with Crippen LogP contribution < -0.4 is 14.4 Å². The van der Waals surface area contributed by atoms with E-state index in [-0.39, 0.29) is 23.6 Å². The number of halogens is 1. The normalized spacial score (nSPS) is 12.9. The predicted molar refractivity (Wildman–Crippen MR) is 111 cm³/mol. The number of anilines is 1. The van der Waals surface area contributed by atoms with Crippen LogP contribution in [0.2, 0.25) is 0 Å². The summed E-state index contributed by atoms with van der Waals surface area (Å²) in [5, 5.41) is 8.93. The molecule has 0 unspecified atom stereocenters. The SMILES string of the molecule is CC(C)(C)OC(=O)CN1C(=O)c2c(OCC(=O)O)cccc2Oc2ccc(Br)cc21. The van der Waals surface area contributed by atoms with Crippen molar-refractivity contribution in [2.24, 2.45) is 0 Å². The number of ether oxygens (including phenoxy) is 3. The van der Waals surface area contributed by atoms with Crippen LogP contribution in [0.4, 0.5) is 5.69 Å². The zero-order chi connectivity index (χ0) is 22.1. The molecule has 1 aliphatic heterocycles. The van der Waals surface area contributed by atoms with Crippen molar-refractivity contribution < 1.29 is 33.7 Å². The molecule has 0 aliphatic carbocycles. The lowest BCUT2D eigenvalue weighted by Gasteiger charge is -2.25. The maximum atomic E-state index is 13.5. The highest BCUT2D eigenvalue weighted by atomic mass is 79.9. The third-order valence-corrected chi connectivity index (χ3v) is 4.43. The first-order valence-corrected chi connectivity index (χ1v) is 9.83. The van der Waals surface area contributed by atoms with Crippen molar-refractivity contribution in [3.05, 3.63) is 46.4 Å². The molecule has 158 valence electrons. The lowest BCUT2D eigenvalue weighted by molar-refractivity contribution is -0.152. The molecular weight excluding hydrogens is 458 g/mol. The minimum Gasteiger partial charge on any atom is -0.481 e. The fraction of sp³-hybridized carbons (Fsp3) is 0.286. The van der Waals surface area contributed by atoms with E-state index >= 15 is 0 Å². The third-order valence-electron chi connectivity index (χ3n) is 3.94. The van der Waals surface area contributed by atoms with E-state index in [1.165, 1.54) is 11.0 Å². The predicted octanol–water partition coefficient (Wildman–Crippen LogP) is 4.01. The first kappa shape index (κ1) is 21.6. The first-order valence-electron chi connectivity index (χ1n) is 9.04. The zero-order valence-electron chi connectivity index (χ0n) is 16.6. The van der Waals surface area contributed by atoms with Crippen LogP contribution in [0.1, 0.15) is 31.1 Å². The van der Waals surface area contributed by atoms with Gasteiger partial charge in [0.05, 0.1) is 5.69 Å². The molecule has 0 aromatic heterocycles. The van der Waals surface area contributed by atoms with Gasteiger partial charge in [0.15, 0.2) is 12.4 Å². The molecule has 0 saturated carbocycles. The van der Waals surface area contributed by atoms with Gasteiger partial charge < -0.3 is 19.3 Å².